The van der Waals surface area contributed by atoms with Gasteiger partial charge >= 0.3 is 13.7 Å². The molecule has 1 fully saturated rings. The lowest BCUT2D eigenvalue weighted by molar-refractivity contribution is -0.142. The number of nitrogens with zero attached hydrogens (tertiary/aromatic N) is 4. The van der Waals surface area contributed by atoms with Crippen molar-refractivity contribution in [2.24, 2.45) is 0 Å². The van der Waals surface area contributed by atoms with Crippen LogP contribution in [0.1, 0.15) is 19.0 Å². The quantitative estimate of drug-likeness (QED) is 0.172. The van der Waals surface area contributed by atoms with Crippen LogP contribution in [-0.2, 0) is 23.4 Å². The third-order valence-corrected chi connectivity index (χ3v) is 8.17. The summed E-state index contributed by atoms with van der Waals surface area (Å²) in [6.07, 6.45) is -3.87. The van der Waals surface area contributed by atoms with Gasteiger partial charge in [0, 0.05) is 7.05 Å². The second kappa shape index (κ2) is 11.7. The van der Waals surface area contributed by atoms with Crippen LogP contribution in [0.3, 0.4) is 0 Å². The highest BCUT2D eigenvalue weighted by molar-refractivity contribution is 7.52. The number of hydrogen-bond acceptors (Lipinski definition) is 11. The second-order valence-electron chi connectivity index (χ2n) is 8.84. The van der Waals surface area contributed by atoms with Gasteiger partial charge in [-0.3, -0.25) is 13.9 Å². The maximum Gasteiger partial charge on any atom is 0.459 e. The first-order valence-corrected chi connectivity index (χ1v) is 13.9. The van der Waals surface area contributed by atoms with Crippen molar-refractivity contribution >= 4 is 42.3 Å². The third kappa shape index (κ3) is 5.86. The molecule has 16 heteroatoms. The molecule has 0 spiro atoms. The highest BCUT2D eigenvalue weighted by atomic mass is 35.5. The van der Waals surface area contributed by atoms with Gasteiger partial charge in [0.15, 0.2) is 29.4 Å². The van der Waals surface area contributed by atoms with Crippen LogP contribution < -0.4 is 14.9 Å². The minimum Gasteiger partial charge on any atom is -0.468 e. The molecule has 1 saturated heterocycles. The average Bonchev–Trinajstić information content (AvgIpc) is 3.45. The molecule has 0 bridgehead atoms. The smallest absolute Gasteiger partial charge is 0.459 e. The number of carbonyl (C=O) groups excluding carboxylic acids is 1. The zero-order chi connectivity index (χ0) is 28.4. The van der Waals surface area contributed by atoms with Crippen molar-refractivity contribution in [3.8, 4) is 5.75 Å². The van der Waals surface area contributed by atoms with E-state index >= 15 is 4.39 Å². The second-order valence-corrected chi connectivity index (χ2v) is 10.8. The van der Waals surface area contributed by atoms with Crippen molar-refractivity contribution in [2.45, 2.75) is 44.0 Å². The molecule has 0 unspecified atom stereocenters. The summed E-state index contributed by atoms with van der Waals surface area (Å²) in [5.41, 5.74) is -1.22. The molecule has 3 aromatic rings. The Morgan fingerprint density at radius 2 is 2.08 bits per heavy atom. The van der Waals surface area contributed by atoms with E-state index < -0.39 is 56.3 Å². The molecule has 212 valence electrons. The van der Waals surface area contributed by atoms with E-state index in [2.05, 4.69) is 30.1 Å². The van der Waals surface area contributed by atoms with E-state index in [0.717, 1.165) is 0 Å². The van der Waals surface area contributed by atoms with Gasteiger partial charge in [-0.1, -0.05) is 18.2 Å². The number of carbonyl (C=O) groups is 1. The zero-order valence-corrected chi connectivity index (χ0v) is 23.2. The summed E-state index contributed by atoms with van der Waals surface area (Å²) < 4.78 is 52.5. The average molecular weight is 587 g/mol. The fourth-order valence-electron chi connectivity index (χ4n) is 4.06. The summed E-state index contributed by atoms with van der Waals surface area (Å²) in [5.74, 6) is -0.166. The lowest BCUT2D eigenvalue weighted by Gasteiger charge is -2.31. The Kier molecular flexibility index (Phi) is 8.74. The van der Waals surface area contributed by atoms with E-state index in [0.29, 0.717) is 17.2 Å². The number of methoxy groups -OCH3 is 1. The van der Waals surface area contributed by atoms with Crippen LogP contribution in [0.4, 0.5) is 10.2 Å². The van der Waals surface area contributed by atoms with Crippen LogP contribution in [-0.4, -0.2) is 81.2 Å². The highest BCUT2D eigenvalue weighted by Gasteiger charge is 2.57. The molecule has 2 aromatic heterocycles. The van der Waals surface area contributed by atoms with Crippen molar-refractivity contribution in [2.75, 3.05) is 32.0 Å². The van der Waals surface area contributed by atoms with Crippen LogP contribution >= 0.6 is 19.3 Å². The number of ether oxygens (including phenoxy) is 2. The number of aryl methyl sites for hydroxylation is 1. The number of imidazole rings is 1. The minimum atomic E-state index is -4.33. The van der Waals surface area contributed by atoms with Crippen LogP contribution in [0.2, 0.25) is 0 Å². The fourth-order valence-corrected chi connectivity index (χ4v) is 5.90. The molecule has 3 N–H and O–H groups in total. The number of aromatic nitrogens is 4. The highest BCUT2D eigenvalue weighted by Crippen LogP contribution is 2.48. The number of aliphatic hydroxyl groups excluding tert-OH is 1. The third-order valence-electron chi connectivity index (χ3n) is 6.09. The first-order valence-electron chi connectivity index (χ1n) is 11.9. The molecule has 1 aliphatic heterocycles. The SMILES string of the molecule is CNc1nc(C)nc2c1ncn2[C@@H]1O[C@](CCl)(CO[P@](=O)(N[C@@H](C)C(=O)OC)Oc2ccccc2)[C@@H](O)[C@@H]1F. The number of hydrogen-bond donors (Lipinski definition) is 3. The van der Waals surface area contributed by atoms with Gasteiger partial charge in [0.2, 0.25) is 0 Å². The molecule has 13 nitrogen and oxygen atoms in total. The topological polar surface area (TPSA) is 159 Å². The summed E-state index contributed by atoms with van der Waals surface area (Å²) in [7, 11) is -1.50. The van der Waals surface area contributed by atoms with Crippen molar-refractivity contribution < 1.29 is 37.4 Å². The number of nitrogens with one attached hydrogen (secondary N) is 2. The van der Waals surface area contributed by atoms with Crippen LogP contribution in [0, 0.1) is 6.92 Å². The molecule has 0 radical (unpaired) electrons. The van der Waals surface area contributed by atoms with Gasteiger partial charge in [0.25, 0.3) is 0 Å². The van der Waals surface area contributed by atoms with E-state index in [-0.39, 0.29) is 11.4 Å². The summed E-state index contributed by atoms with van der Waals surface area (Å²) >= 11 is 6.19. The van der Waals surface area contributed by atoms with Crippen molar-refractivity contribution in [3.05, 3.63) is 42.5 Å². The van der Waals surface area contributed by atoms with E-state index in [9.17, 15) is 14.5 Å². The predicted molar refractivity (Wildman–Crippen MR) is 139 cm³/mol. The van der Waals surface area contributed by atoms with Crippen molar-refractivity contribution in [3.63, 3.8) is 0 Å². The van der Waals surface area contributed by atoms with Crippen LogP contribution in [0.15, 0.2) is 36.7 Å². The Balaban J connectivity index is 1.62. The monoisotopic (exact) mass is 586 g/mol. The summed E-state index contributed by atoms with van der Waals surface area (Å²) in [4.78, 5) is 24.9. The largest absolute Gasteiger partial charge is 0.468 e. The molecule has 1 aromatic carbocycles. The fraction of sp³-hybridized carbons (Fsp3) is 0.478. The molecule has 6 atom stereocenters. The number of anilines is 1. The lowest BCUT2D eigenvalue weighted by atomic mass is 9.99. The molecule has 0 aliphatic carbocycles. The van der Waals surface area contributed by atoms with Gasteiger partial charge in [-0.2, -0.15) is 5.09 Å². The minimum absolute atomic E-state index is 0.166. The van der Waals surface area contributed by atoms with Crippen LogP contribution in [0.25, 0.3) is 11.2 Å². The number of aliphatic hydroxyl groups is 1. The van der Waals surface area contributed by atoms with Gasteiger partial charge < -0.3 is 24.4 Å². The molecule has 3 heterocycles. The van der Waals surface area contributed by atoms with Gasteiger partial charge in [-0.25, -0.2) is 23.9 Å². The number of alkyl halides is 2. The Morgan fingerprint density at radius 1 is 1.36 bits per heavy atom. The van der Waals surface area contributed by atoms with E-state index in [4.69, 9.17) is 25.4 Å². The summed E-state index contributed by atoms with van der Waals surface area (Å²) in [6, 6.07) is 6.97. The predicted octanol–water partition coefficient (Wildman–Crippen LogP) is 2.74. The normalized spacial score (nSPS) is 25.3. The molecule has 0 amide bonds. The number of rotatable bonds is 11. The van der Waals surface area contributed by atoms with Crippen LogP contribution in [0.5, 0.6) is 5.75 Å². The number of halogens is 2. The standard InChI is InChI=1S/C23H29ClFN6O7P/c1-13(22(33)35-4)30-39(34,38-15-8-6-5-7-9-15)36-11-23(10-24)18(32)16(25)21(37-23)31-12-27-17-19(26-3)28-14(2)29-20(17)31/h5-9,12-13,16,18,21,32H,10-11H2,1-4H3,(H,30,34)(H,26,28,29)/t13-,16-,18-,21+,23+,39+/m0/s1. The zero-order valence-electron chi connectivity index (χ0n) is 21.6. The number of fused-ring (bicyclic) bond motifs is 1. The van der Waals surface area contributed by atoms with E-state index in [1.54, 1.807) is 32.2 Å². The van der Waals surface area contributed by atoms with E-state index in [1.807, 2.05) is 0 Å². The number of para-hydroxylation sites is 1. The van der Waals surface area contributed by atoms with Gasteiger partial charge in [0.1, 0.15) is 29.3 Å². The number of esters is 1. The van der Waals surface area contributed by atoms with Gasteiger partial charge in [-0.15, -0.1) is 11.6 Å². The van der Waals surface area contributed by atoms with Crippen molar-refractivity contribution in [1.29, 1.82) is 0 Å². The molecule has 0 saturated carbocycles. The molecule has 1 aliphatic rings. The molecule has 4 rings (SSSR count). The first kappa shape index (κ1) is 29.1. The van der Waals surface area contributed by atoms with Gasteiger partial charge in [-0.05, 0) is 26.0 Å². The maximum atomic E-state index is 15.6. The molecule has 39 heavy (non-hydrogen) atoms. The Bertz CT molecular complexity index is 1370. The Labute approximate surface area is 228 Å². The Morgan fingerprint density at radius 3 is 2.72 bits per heavy atom. The van der Waals surface area contributed by atoms with Gasteiger partial charge in [0.05, 0.1) is 25.9 Å². The summed E-state index contributed by atoms with van der Waals surface area (Å²) in [6.45, 7) is 2.40. The molecular formula is C23H29ClFN6O7P. The number of benzene rings is 1. The maximum absolute atomic E-state index is 15.6. The molecular weight excluding hydrogens is 558 g/mol. The van der Waals surface area contributed by atoms with Crippen molar-refractivity contribution in [1.82, 2.24) is 24.6 Å². The van der Waals surface area contributed by atoms with E-state index in [1.165, 1.54) is 37.1 Å². The lowest BCUT2D eigenvalue weighted by Crippen LogP contribution is -2.48. The first-order chi connectivity index (χ1) is 18.6. The summed E-state index contributed by atoms with van der Waals surface area (Å²) in [5, 5.41) is 16.3. The Hall–Kier alpha value is -2.87.